The van der Waals surface area contributed by atoms with E-state index < -0.39 is 14.9 Å². The Hall–Kier alpha value is -1.74. The molecule has 0 amide bonds. The van der Waals surface area contributed by atoms with Crippen LogP contribution in [0.1, 0.15) is 5.56 Å². The van der Waals surface area contributed by atoms with Crippen molar-refractivity contribution in [2.45, 2.75) is 6.92 Å². The van der Waals surface area contributed by atoms with Crippen molar-refractivity contribution in [3.63, 3.8) is 0 Å². The molecular weight excluding hydrogens is 248 g/mol. The number of rotatable bonds is 5. The van der Waals surface area contributed by atoms with Crippen molar-refractivity contribution in [2.24, 2.45) is 5.14 Å². The van der Waals surface area contributed by atoms with Gasteiger partial charge in [-0.3, -0.25) is 10.1 Å². The molecule has 1 heterocycles. The lowest BCUT2D eigenvalue weighted by molar-refractivity contribution is -0.384. The van der Waals surface area contributed by atoms with E-state index in [1.165, 1.54) is 12.3 Å². The van der Waals surface area contributed by atoms with Crippen LogP contribution in [0.5, 0.6) is 0 Å². The molecule has 1 rings (SSSR count). The highest BCUT2D eigenvalue weighted by molar-refractivity contribution is 7.89. The van der Waals surface area contributed by atoms with E-state index in [2.05, 4.69) is 10.3 Å². The van der Waals surface area contributed by atoms with E-state index in [0.717, 1.165) is 0 Å². The zero-order valence-corrected chi connectivity index (χ0v) is 9.90. The lowest BCUT2D eigenvalue weighted by Gasteiger charge is -2.06. The molecule has 0 fully saturated rings. The molecule has 0 saturated carbocycles. The Morgan fingerprint density at radius 2 is 2.24 bits per heavy atom. The maximum atomic E-state index is 10.8. The molecule has 0 radical (unpaired) electrons. The van der Waals surface area contributed by atoms with Gasteiger partial charge in [0.15, 0.2) is 0 Å². The summed E-state index contributed by atoms with van der Waals surface area (Å²) >= 11 is 0. The maximum Gasteiger partial charge on any atom is 0.314 e. The van der Waals surface area contributed by atoms with Gasteiger partial charge in [0.05, 0.1) is 10.7 Å². The number of hydrogen-bond acceptors (Lipinski definition) is 6. The number of sulfonamides is 1. The second-order valence-electron chi connectivity index (χ2n) is 3.38. The predicted molar refractivity (Wildman–Crippen MR) is 62.1 cm³/mol. The largest absolute Gasteiger partial charge is 0.363 e. The van der Waals surface area contributed by atoms with Crippen LogP contribution in [0.4, 0.5) is 11.5 Å². The van der Waals surface area contributed by atoms with E-state index in [0.29, 0.717) is 5.56 Å². The minimum Gasteiger partial charge on any atom is -0.363 e. The lowest BCUT2D eigenvalue weighted by atomic mass is 10.2. The van der Waals surface area contributed by atoms with Gasteiger partial charge < -0.3 is 5.32 Å². The number of nitro groups is 1. The van der Waals surface area contributed by atoms with Gasteiger partial charge in [-0.05, 0) is 13.0 Å². The molecule has 8 nitrogen and oxygen atoms in total. The van der Waals surface area contributed by atoms with Crippen LogP contribution in [0.3, 0.4) is 0 Å². The molecule has 0 bridgehead atoms. The van der Waals surface area contributed by atoms with Crippen LogP contribution in [0, 0.1) is 17.0 Å². The molecule has 9 heteroatoms. The smallest absolute Gasteiger partial charge is 0.314 e. The third-order valence-electron chi connectivity index (χ3n) is 1.99. The molecule has 0 aliphatic rings. The van der Waals surface area contributed by atoms with Crippen LogP contribution in [-0.2, 0) is 10.0 Å². The van der Waals surface area contributed by atoms with E-state index in [-0.39, 0.29) is 23.8 Å². The van der Waals surface area contributed by atoms with Gasteiger partial charge in [-0.1, -0.05) is 0 Å². The Kier molecular flexibility index (Phi) is 3.97. The molecule has 1 aromatic rings. The molecule has 17 heavy (non-hydrogen) atoms. The number of nitrogens with two attached hydrogens (primary N) is 1. The Morgan fingerprint density at radius 1 is 1.59 bits per heavy atom. The summed E-state index contributed by atoms with van der Waals surface area (Å²) in [6.45, 7) is 1.54. The summed E-state index contributed by atoms with van der Waals surface area (Å²) in [6.07, 6.45) is 1.40. The van der Waals surface area contributed by atoms with E-state index >= 15 is 0 Å². The number of pyridine rings is 1. The molecule has 1 aromatic heterocycles. The molecule has 0 unspecified atom stereocenters. The van der Waals surface area contributed by atoms with E-state index in [4.69, 9.17) is 5.14 Å². The van der Waals surface area contributed by atoms with Gasteiger partial charge in [-0.2, -0.15) is 0 Å². The fourth-order valence-electron chi connectivity index (χ4n) is 1.22. The van der Waals surface area contributed by atoms with Crippen LogP contribution in [0.2, 0.25) is 0 Å². The van der Waals surface area contributed by atoms with Crippen molar-refractivity contribution in [1.29, 1.82) is 0 Å². The fraction of sp³-hybridized carbons (Fsp3) is 0.375. The Morgan fingerprint density at radius 3 is 2.76 bits per heavy atom. The summed E-state index contributed by atoms with van der Waals surface area (Å²) in [5.74, 6) is -0.279. The second kappa shape index (κ2) is 5.06. The second-order valence-corrected chi connectivity index (χ2v) is 5.11. The SMILES string of the molecule is Cc1ccnc(NCCS(N)(=O)=O)c1[N+](=O)[O-]. The summed E-state index contributed by atoms with van der Waals surface area (Å²) < 4.78 is 21.4. The number of aryl methyl sites for hydroxylation is 1. The summed E-state index contributed by atoms with van der Waals surface area (Å²) in [5.41, 5.74) is 0.282. The molecule has 0 atom stereocenters. The van der Waals surface area contributed by atoms with Crippen molar-refractivity contribution in [1.82, 2.24) is 4.98 Å². The van der Waals surface area contributed by atoms with Crippen LogP contribution in [-0.4, -0.2) is 30.6 Å². The third kappa shape index (κ3) is 3.96. The lowest BCUT2D eigenvalue weighted by Crippen LogP contribution is -2.23. The maximum absolute atomic E-state index is 10.8. The van der Waals surface area contributed by atoms with Gasteiger partial charge in [0, 0.05) is 18.3 Å². The molecule has 94 valence electrons. The Balaban J connectivity index is 2.85. The highest BCUT2D eigenvalue weighted by Gasteiger charge is 2.18. The van der Waals surface area contributed by atoms with Gasteiger partial charge >= 0.3 is 5.69 Å². The summed E-state index contributed by atoms with van der Waals surface area (Å²) in [4.78, 5) is 14.0. The van der Waals surface area contributed by atoms with Crippen LogP contribution in [0.15, 0.2) is 12.3 Å². The fourth-order valence-corrected chi connectivity index (χ4v) is 1.61. The number of nitrogens with one attached hydrogen (secondary N) is 1. The van der Waals surface area contributed by atoms with Crippen molar-refractivity contribution in [3.8, 4) is 0 Å². The summed E-state index contributed by atoms with van der Waals surface area (Å²) in [6, 6.07) is 1.50. The zero-order chi connectivity index (χ0) is 13.1. The number of primary sulfonamides is 1. The van der Waals surface area contributed by atoms with E-state index in [9.17, 15) is 18.5 Å². The topological polar surface area (TPSA) is 128 Å². The van der Waals surface area contributed by atoms with Crippen LogP contribution in [0.25, 0.3) is 0 Å². The Bertz CT molecular complexity index is 528. The first kappa shape index (κ1) is 13.3. The first-order valence-corrected chi connectivity index (χ1v) is 6.37. The average Bonchev–Trinajstić information content (AvgIpc) is 2.14. The zero-order valence-electron chi connectivity index (χ0n) is 9.08. The monoisotopic (exact) mass is 260 g/mol. The van der Waals surface area contributed by atoms with Crippen molar-refractivity contribution in [2.75, 3.05) is 17.6 Å². The number of aromatic nitrogens is 1. The standard InChI is InChI=1S/C8H12N4O4S/c1-6-2-3-10-8(7(6)12(13)14)11-4-5-17(9,15)16/h2-3H,4-5H2,1H3,(H,10,11)(H2,9,15,16). The van der Waals surface area contributed by atoms with Gasteiger partial charge in [0.1, 0.15) is 0 Å². The summed E-state index contributed by atoms with van der Waals surface area (Å²) in [7, 11) is -3.60. The first-order valence-electron chi connectivity index (χ1n) is 4.65. The normalized spacial score (nSPS) is 11.2. The van der Waals surface area contributed by atoms with E-state index in [1.54, 1.807) is 6.92 Å². The highest BCUT2D eigenvalue weighted by atomic mass is 32.2. The molecule has 3 N–H and O–H groups in total. The van der Waals surface area contributed by atoms with Crippen LogP contribution >= 0.6 is 0 Å². The highest BCUT2D eigenvalue weighted by Crippen LogP contribution is 2.24. The van der Waals surface area contributed by atoms with Crippen molar-refractivity contribution >= 4 is 21.5 Å². The predicted octanol–water partition coefficient (Wildman–Crippen LogP) is -0.00138. The minimum absolute atomic E-state index is 0.0316. The van der Waals surface area contributed by atoms with E-state index in [1.807, 2.05) is 0 Å². The quantitative estimate of drug-likeness (QED) is 0.566. The Labute approximate surface area is 98.0 Å². The van der Waals surface area contributed by atoms with Gasteiger partial charge in [-0.25, -0.2) is 18.5 Å². The molecule has 0 saturated heterocycles. The van der Waals surface area contributed by atoms with Gasteiger partial charge in [0.2, 0.25) is 15.8 Å². The molecule has 0 aromatic carbocycles. The number of anilines is 1. The molecular formula is C8H12N4O4S. The van der Waals surface area contributed by atoms with Gasteiger partial charge in [0.25, 0.3) is 0 Å². The number of nitrogens with zero attached hydrogens (tertiary/aromatic N) is 2. The number of hydrogen-bond donors (Lipinski definition) is 2. The van der Waals surface area contributed by atoms with Crippen molar-refractivity contribution < 1.29 is 13.3 Å². The van der Waals surface area contributed by atoms with Crippen LogP contribution < -0.4 is 10.5 Å². The third-order valence-corrected chi connectivity index (χ3v) is 2.76. The molecule has 0 aliphatic heterocycles. The minimum atomic E-state index is -3.60. The average molecular weight is 260 g/mol. The van der Waals surface area contributed by atoms with Gasteiger partial charge in [-0.15, -0.1) is 0 Å². The van der Waals surface area contributed by atoms with Crippen molar-refractivity contribution in [3.05, 3.63) is 27.9 Å². The first-order chi connectivity index (χ1) is 7.81. The molecule has 0 spiro atoms. The summed E-state index contributed by atoms with van der Waals surface area (Å²) in [5, 5.41) is 18.2. The molecule has 0 aliphatic carbocycles.